The highest BCUT2D eigenvalue weighted by Crippen LogP contribution is 2.37. The van der Waals surface area contributed by atoms with Gasteiger partial charge >= 0.3 is 0 Å². The number of nitriles is 1. The summed E-state index contributed by atoms with van der Waals surface area (Å²) in [5.74, 6) is 0.703. The normalized spacial score (nSPS) is 10.8. The fraction of sp³-hybridized carbons (Fsp3) is 0. The molecule has 0 fully saturated rings. The van der Waals surface area contributed by atoms with Gasteiger partial charge in [0.15, 0.2) is 5.82 Å². The van der Waals surface area contributed by atoms with Gasteiger partial charge in [-0.25, -0.2) is 9.97 Å². The predicted molar refractivity (Wildman–Crippen MR) is 171 cm³/mol. The van der Waals surface area contributed by atoms with Crippen LogP contribution in [-0.4, -0.2) is 9.97 Å². The van der Waals surface area contributed by atoms with Crippen LogP contribution in [0.2, 0.25) is 0 Å². The second-order valence-electron chi connectivity index (χ2n) is 10.2. The maximum absolute atomic E-state index is 9.23. The Balaban J connectivity index is 1.36. The molecule has 1 aromatic heterocycles. The Labute approximate surface area is 245 Å². The summed E-state index contributed by atoms with van der Waals surface area (Å²) < 4.78 is 0. The minimum Gasteiger partial charge on any atom is -0.228 e. The van der Waals surface area contributed by atoms with E-state index in [-0.39, 0.29) is 0 Å². The summed E-state index contributed by atoms with van der Waals surface area (Å²) in [5, 5.41) is 11.6. The van der Waals surface area contributed by atoms with Gasteiger partial charge in [-0.2, -0.15) is 5.26 Å². The van der Waals surface area contributed by atoms with Crippen LogP contribution in [0.1, 0.15) is 5.56 Å². The monoisotopic (exact) mass is 535 g/mol. The van der Waals surface area contributed by atoms with Crippen molar-refractivity contribution >= 4 is 10.8 Å². The zero-order chi connectivity index (χ0) is 28.3. The van der Waals surface area contributed by atoms with Gasteiger partial charge in [-0.1, -0.05) is 127 Å². The van der Waals surface area contributed by atoms with E-state index in [0.29, 0.717) is 11.4 Å². The SMILES string of the molecule is N#Cc1ccc(-c2ccc(-c3cccc(-c4cc(-c5ccccc5)nc(-c5ccccc5)n4)c3)c3ccccc23)cc1. The summed E-state index contributed by atoms with van der Waals surface area (Å²) >= 11 is 0. The van der Waals surface area contributed by atoms with Crippen LogP contribution in [0.15, 0.2) is 152 Å². The molecule has 0 aliphatic rings. The van der Waals surface area contributed by atoms with E-state index in [1.54, 1.807) is 0 Å². The molecule has 0 saturated heterocycles. The van der Waals surface area contributed by atoms with Gasteiger partial charge in [-0.15, -0.1) is 0 Å². The number of hydrogen-bond donors (Lipinski definition) is 0. The van der Waals surface area contributed by atoms with Crippen LogP contribution in [-0.2, 0) is 0 Å². The molecule has 0 spiro atoms. The number of benzene rings is 6. The molecule has 0 aliphatic heterocycles. The van der Waals surface area contributed by atoms with Crippen LogP contribution in [0.3, 0.4) is 0 Å². The number of hydrogen-bond acceptors (Lipinski definition) is 3. The summed E-state index contributed by atoms with van der Waals surface area (Å²) in [6.45, 7) is 0. The molecule has 0 bridgehead atoms. The molecule has 3 heteroatoms. The van der Waals surface area contributed by atoms with Gasteiger partial charge in [0.1, 0.15) is 0 Å². The van der Waals surface area contributed by atoms with Crippen molar-refractivity contribution in [2.45, 2.75) is 0 Å². The average Bonchev–Trinajstić information content (AvgIpc) is 3.08. The third-order valence-electron chi connectivity index (χ3n) is 7.55. The summed E-state index contributed by atoms with van der Waals surface area (Å²) in [4.78, 5) is 9.97. The van der Waals surface area contributed by atoms with E-state index in [9.17, 15) is 5.26 Å². The van der Waals surface area contributed by atoms with E-state index in [1.807, 2.05) is 72.8 Å². The molecule has 0 aliphatic carbocycles. The van der Waals surface area contributed by atoms with Crippen molar-refractivity contribution in [1.82, 2.24) is 9.97 Å². The first kappa shape index (κ1) is 25.1. The highest BCUT2D eigenvalue weighted by atomic mass is 14.9. The van der Waals surface area contributed by atoms with E-state index in [0.717, 1.165) is 50.3 Å². The van der Waals surface area contributed by atoms with Gasteiger partial charge in [0.2, 0.25) is 0 Å². The smallest absolute Gasteiger partial charge is 0.160 e. The first-order chi connectivity index (χ1) is 20.8. The van der Waals surface area contributed by atoms with Gasteiger partial charge in [0.25, 0.3) is 0 Å². The molecule has 1 heterocycles. The van der Waals surface area contributed by atoms with E-state index in [1.165, 1.54) is 10.8 Å². The van der Waals surface area contributed by atoms with Crippen molar-refractivity contribution in [1.29, 1.82) is 5.26 Å². The Kier molecular flexibility index (Phi) is 6.56. The van der Waals surface area contributed by atoms with Crippen molar-refractivity contribution in [3.63, 3.8) is 0 Å². The van der Waals surface area contributed by atoms with Crippen molar-refractivity contribution in [3.8, 4) is 62.2 Å². The maximum Gasteiger partial charge on any atom is 0.160 e. The van der Waals surface area contributed by atoms with E-state index in [2.05, 4.69) is 84.9 Å². The molecule has 0 atom stereocenters. The fourth-order valence-corrected chi connectivity index (χ4v) is 5.44. The van der Waals surface area contributed by atoms with Crippen molar-refractivity contribution in [3.05, 3.63) is 157 Å². The minimum absolute atomic E-state index is 0.659. The molecule has 0 amide bonds. The second-order valence-corrected chi connectivity index (χ2v) is 10.2. The zero-order valence-electron chi connectivity index (χ0n) is 22.8. The predicted octanol–water partition coefficient (Wildman–Crippen LogP) is 9.84. The number of nitrogens with zero attached hydrogens (tertiary/aromatic N) is 3. The summed E-state index contributed by atoms with van der Waals surface area (Å²) in [5.41, 5.74) is 10.0. The molecule has 0 saturated carbocycles. The average molecular weight is 536 g/mol. The van der Waals surface area contributed by atoms with Crippen molar-refractivity contribution in [2.24, 2.45) is 0 Å². The van der Waals surface area contributed by atoms with Crippen molar-refractivity contribution < 1.29 is 0 Å². The third-order valence-corrected chi connectivity index (χ3v) is 7.55. The van der Waals surface area contributed by atoms with Gasteiger partial charge in [-0.05, 0) is 57.3 Å². The summed E-state index contributed by atoms with van der Waals surface area (Å²) in [7, 11) is 0. The zero-order valence-corrected chi connectivity index (χ0v) is 22.8. The highest BCUT2D eigenvalue weighted by molar-refractivity contribution is 6.05. The Hall–Kier alpha value is -5.85. The Morgan fingerprint density at radius 1 is 0.405 bits per heavy atom. The quantitative estimate of drug-likeness (QED) is 0.220. The van der Waals surface area contributed by atoms with E-state index < -0.39 is 0 Å². The van der Waals surface area contributed by atoms with Gasteiger partial charge in [-0.3, -0.25) is 0 Å². The largest absolute Gasteiger partial charge is 0.228 e. The standard InChI is InChI=1S/C39H25N3/c40-26-27-18-20-28(21-19-27)33-22-23-34(36-17-8-7-16-35(33)36)31-14-9-15-32(24-31)38-25-37(29-10-3-1-4-11-29)41-39(42-38)30-12-5-2-6-13-30/h1-25H. The fourth-order valence-electron chi connectivity index (χ4n) is 5.44. The molecule has 3 nitrogen and oxygen atoms in total. The van der Waals surface area contributed by atoms with Crippen LogP contribution < -0.4 is 0 Å². The lowest BCUT2D eigenvalue weighted by atomic mass is 9.91. The topological polar surface area (TPSA) is 49.6 Å². The molecule has 42 heavy (non-hydrogen) atoms. The lowest BCUT2D eigenvalue weighted by molar-refractivity contribution is 1.18. The van der Waals surface area contributed by atoms with Gasteiger partial charge < -0.3 is 0 Å². The molecule has 0 unspecified atom stereocenters. The lowest BCUT2D eigenvalue weighted by Crippen LogP contribution is -1.96. The Morgan fingerprint density at radius 2 is 0.929 bits per heavy atom. The van der Waals surface area contributed by atoms with Crippen LogP contribution in [0, 0.1) is 11.3 Å². The molecular weight excluding hydrogens is 510 g/mol. The lowest BCUT2D eigenvalue weighted by Gasteiger charge is -2.14. The number of rotatable bonds is 5. The number of fused-ring (bicyclic) bond motifs is 1. The van der Waals surface area contributed by atoms with E-state index in [4.69, 9.17) is 9.97 Å². The summed E-state index contributed by atoms with van der Waals surface area (Å²) in [6.07, 6.45) is 0. The van der Waals surface area contributed by atoms with Crippen LogP contribution >= 0.6 is 0 Å². The second kappa shape index (κ2) is 11.0. The first-order valence-electron chi connectivity index (χ1n) is 13.9. The van der Waals surface area contributed by atoms with Crippen LogP contribution in [0.25, 0.3) is 66.9 Å². The number of aromatic nitrogens is 2. The Morgan fingerprint density at radius 3 is 1.57 bits per heavy atom. The van der Waals surface area contributed by atoms with Gasteiger partial charge in [0.05, 0.1) is 23.0 Å². The third kappa shape index (κ3) is 4.83. The van der Waals surface area contributed by atoms with Crippen LogP contribution in [0.4, 0.5) is 0 Å². The molecular formula is C39H25N3. The minimum atomic E-state index is 0.659. The summed E-state index contributed by atoms with van der Waals surface area (Å²) in [6, 6.07) is 53.9. The highest BCUT2D eigenvalue weighted by Gasteiger charge is 2.13. The molecule has 196 valence electrons. The van der Waals surface area contributed by atoms with E-state index >= 15 is 0 Å². The first-order valence-corrected chi connectivity index (χ1v) is 13.9. The van der Waals surface area contributed by atoms with Gasteiger partial charge in [0, 0.05) is 16.7 Å². The van der Waals surface area contributed by atoms with Crippen LogP contribution in [0.5, 0.6) is 0 Å². The molecule has 7 aromatic rings. The molecule has 6 aromatic carbocycles. The Bertz CT molecular complexity index is 2020. The molecule has 0 N–H and O–H groups in total. The maximum atomic E-state index is 9.23. The molecule has 7 rings (SSSR count). The molecule has 0 radical (unpaired) electrons. The van der Waals surface area contributed by atoms with Crippen molar-refractivity contribution in [2.75, 3.05) is 0 Å².